The van der Waals surface area contributed by atoms with Crippen LogP contribution in [0.3, 0.4) is 0 Å². The number of aromatic nitrogens is 2. The summed E-state index contributed by atoms with van der Waals surface area (Å²) in [4.78, 5) is 26.0. The SMILES string of the molecule is Cc1cc2c(nc3n2CCC3NC(=O)C(F)(F)F)c([N+](=O)[O-])c1Br. The Morgan fingerprint density at radius 2 is 2.21 bits per heavy atom. The highest BCUT2D eigenvalue weighted by molar-refractivity contribution is 9.10. The number of hydrogen-bond acceptors (Lipinski definition) is 4. The number of nitrogens with zero attached hydrogens (tertiary/aromatic N) is 3. The molecule has 0 aliphatic carbocycles. The lowest BCUT2D eigenvalue weighted by atomic mass is 10.2. The number of fused-ring (bicyclic) bond motifs is 3. The van der Waals surface area contributed by atoms with E-state index in [1.165, 1.54) is 0 Å². The minimum atomic E-state index is -4.99. The Bertz CT molecular complexity index is 878. The number of nitro benzene ring substituents is 1. The van der Waals surface area contributed by atoms with Gasteiger partial charge in [-0.1, -0.05) is 0 Å². The number of halogens is 4. The van der Waals surface area contributed by atoms with Crippen LogP contribution in [0, 0.1) is 17.0 Å². The molecule has 1 unspecified atom stereocenters. The first kappa shape index (κ1) is 16.7. The molecule has 0 spiro atoms. The van der Waals surface area contributed by atoms with Gasteiger partial charge in [0.05, 0.1) is 16.5 Å². The summed E-state index contributed by atoms with van der Waals surface area (Å²) in [6.07, 6.45) is -4.76. The number of carbonyl (C=O) groups excluding carboxylic acids is 1. The summed E-state index contributed by atoms with van der Waals surface area (Å²) in [5, 5.41) is 13.2. The standard InChI is InChI=1S/C13H10BrF3N4O3/c1-5-4-7-9(10(8(5)14)21(23)24)19-11-6(2-3-20(7)11)18-12(22)13(15,16)17/h4,6H,2-3H2,1H3,(H,18,22). The predicted octanol–water partition coefficient (Wildman–Crippen LogP) is 3.14. The van der Waals surface area contributed by atoms with Gasteiger partial charge in [0.15, 0.2) is 5.52 Å². The average molecular weight is 407 g/mol. The van der Waals surface area contributed by atoms with E-state index in [1.807, 2.05) is 5.32 Å². The molecule has 1 aromatic carbocycles. The summed E-state index contributed by atoms with van der Waals surface area (Å²) >= 11 is 3.15. The Hall–Kier alpha value is -2.17. The summed E-state index contributed by atoms with van der Waals surface area (Å²) < 4.78 is 39.1. The van der Waals surface area contributed by atoms with E-state index in [4.69, 9.17) is 0 Å². The first-order valence-electron chi connectivity index (χ1n) is 6.82. The molecule has 3 rings (SSSR count). The van der Waals surface area contributed by atoms with Gasteiger partial charge in [0.2, 0.25) is 0 Å². The van der Waals surface area contributed by atoms with Crippen molar-refractivity contribution >= 4 is 38.6 Å². The third-order valence-electron chi connectivity index (χ3n) is 3.87. The van der Waals surface area contributed by atoms with Gasteiger partial charge in [0.25, 0.3) is 0 Å². The van der Waals surface area contributed by atoms with Gasteiger partial charge in [-0.2, -0.15) is 13.2 Å². The quantitative estimate of drug-likeness (QED) is 0.612. The van der Waals surface area contributed by atoms with Gasteiger partial charge in [-0.3, -0.25) is 14.9 Å². The molecule has 24 heavy (non-hydrogen) atoms. The van der Waals surface area contributed by atoms with Crippen LogP contribution in [0.4, 0.5) is 18.9 Å². The van der Waals surface area contributed by atoms with Crippen LogP contribution in [-0.4, -0.2) is 26.6 Å². The fraction of sp³-hybridized carbons (Fsp3) is 0.385. The number of nitro groups is 1. The van der Waals surface area contributed by atoms with E-state index >= 15 is 0 Å². The molecule has 0 fully saturated rings. The maximum atomic E-state index is 12.4. The molecular formula is C13H10BrF3N4O3. The number of rotatable bonds is 2. The monoisotopic (exact) mass is 406 g/mol. The van der Waals surface area contributed by atoms with Crippen molar-refractivity contribution in [3.8, 4) is 0 Å². The summed E-state index contributed by atoms with van der Waals surface area (Å²) in [5.74, 6) is -1.87. The molecule has 1 aliphatic rings. The first-order valence-corrected chi connectivity index (χ1v) is 7.62. The van der Waals surface area contributed by atoms with E-state index in [0.717, 1.165) is 0 Å². The zero-order chi connectivity index (χ0) is 17.8. The van der Waals surface area contributed by atoms with E-state index in [9.17, 15) is 28.1 Å². The Morgan fingerprint density at radius 3 is 2.79 bits per heavy atom. The van der Waals surface area contributed by atoms with E-state index in [0.29, 0.717) is 17.6 Å². The van der Waals surface area contributed by atoms with Crippen LogP contribution in [0.5, 0.6) is 0 Å². The van der Waals surface area contributed by atoms with E-state index in [2.05, 4.69) is 20.9 Å². The fourth-order valence-electron chi connectivity index (χ4n) is 2.79. The molecular weight excluding hydrogens is 397 g/mol. The van der Waals surface area contributed by atoms with Gasteiger partial charge in [-0.05, 0) is 40.9 Å². The highest BCUT2D eigenvalue weighted by Gasteiger charge is 2.42. The minimum Gasteiger partial charge on any atom is -0.338 e. The van der Waals surface area contributed by atoms with Crippen molar-refractivity contribution in [2.75, 3.05) is 0 Å². The second-order valence-electron chi connectivity index (χ2n) is 5.42. The second-order valence-corrected chi connectivity index (χ2v) is 6.21. The summed E-state index contributed by atoms with van der Waals surface area (Å²) in [6, 6.07) is 0.738. The van der Waals surface area contributed by atoms with Crippen LogP contribution < -0.4 is 5.32 Å². The van der Waals surface area contributed by atoms with Crippen molar-refractivity contribution in [3.05, 3.63) is 32.0 Å². The highest BCUT2D eigenvalue weighted by Crippen LogP contribution is 2.39. The molecule has 11 heteroatoms. The Labute approximate surface area is 141 Å². The number of nitrogens with one attached hydrogen (secondary N) is 1. The van der Waals surface area contributed by atoms with Crippen LogP contribution in [0.15, 0.2) is 10.5 Å². The van der Waals surface area contributed by atoms with Gasteiger partial charge in [0.1, 0.15) is 10.3 Å². The van der Waals surface area contributed by atoms with Crippen LogP contribution in [0.1, 0.15) is 23.9 Å². The van der Waals surface area contributed by atoms with E-state index < -0.39 is 23.0 Å². The number of carbonyl (C=O) groups is 1. The van der Waals surface area contributed by atoms with Crippen LogP contribution in [0.25, 0.3) is 11.0 Å². The van der Waals surface area contributed by atoms with Gasteiger partial charge in [0, 0.05) is 6.54 Å². The molecule has 1 atom stereocenters. The number of alkyl halides is 3. The Kier molecular flexibility index (Phi) is 3.78. The lowest BCUT2D eigenvalue weighted by Crippen LogP contribution is -2.38. The number of imidazole rings is 1. The Balaban J connectivity index is 2.10. The number of aryl methyl sites for hydroxylation is 2. The van der Waals surface area contributed by atoms with Crippen LogP contribution >= 0.6 is 15.9 Å². The lowest BCUT2D eigenvalue weighted by molar-refractivity contribution is -0.384. The Morgan fingerprint density at radius 1 is 1.54 bits per heavy atom. The zero-order valence-electron chi connectivity index (χ0n) is 12.1. The molecule has 2 heterocycles. The smallest absolute Gasteiger partial charge is 0.338 e. The van der Waals surface area contributed by atoms with E-state index in [1.54, 1.807) is 17.6 Å². The molecule has 0 saturated heterocycles. The third kappa shape index (κ3) is 2.52. The van der Waals surface area contributed by atoms with Gasteiger partial charge in [-0.15, -0.1) is 0 Å². The zero-order valence-corrected chi connectivity index (χ0v) is 13.7. The van der Waals surface area contributed by atoms with Crippen molar-refractivity contribution in [2.24, 2.45) is 0 Å². The van der Waals surface area contributed by atoms with Gasteiger partial charge in [-0.25, -0.2) is 4.98 Å². The van der Waals surface area contributed by atoms with Crippen molar-refractivity contribution in [1.29, 1.82) is 0 Å². The molecule has 1 aliphatic heterocycles. The number of benzene rings is 1. The summed E-state index contributed by atoms with van der Waals surface area (Å²) in [7, 11) is 0. The van der Waals surface area contributed by atoms with Crippen LogP contribution in [0.2, 0.25) is 0 Å². The van der Waals surface area contributed by atoms with Gasteiger partial charge < -0.3 is 9.88 Å². The first-order chi connectivity index (χ1) is 11.1. The van der Waals surface area contributed by atoms with Crippen molar-refractivity contribution in [1.82, 2.24) is 14.9 Å². The summed E-state index contributed by atoms with van der Waals surface area (Å²) in [5.41, 5.74) is 0.909. The molecule has 1 amide bonds. The van der Waals surface area contributed by atoms with Crippen molar-refractivity contribution < 1.29 is 22.9 Å². The van der Waals surface area contributed by atoms with Crippen LogP contribution in [-0.2, 0) is 11.3 Å². The number of hydrogen-bond donors (Lipinski definition) is 1. The van der Waals surface area contributed by atoms with Gasteiger partial charge >= 0.3 is 17.8 Å². The molecule has 7 nitrogen and oxygen atoms in total. The minimum absolute atomic E-state index is 0.0819. The highest BCUT2D eigenvalue weighted by atomic mass is 79.9. The molecule has 0 radical (unpaired) electrons. The average Bonchev–Trinajstić information content (AvgIpc) is 2.99. The van der Waals surface area contributed by atoms with E-state index in [-0.39, 0.29) is 27.9 Å². The molecule has 0 saturated carbocycles. The third-order valence-corrected chi connectivity index (χ3v) is 4.87. The topological polar surface area (TPSA) is 90.1 Å². The predicted molar refractivity (Wildman–Crippen MR) is 80.4 cm³/mol. The van der Waals surface area contributed by atoms with Crippen molar-refractivity contribution in [2.45, 2.75) is 32.1 Å². The van der Waals surface area contributed by atoms with Crippen molar-refractivity contribution in [3.63, 3.8) is 0 Å². The molecule has 128 valence electrons. The number of amides is 1. The largest absolute Gasteiger partial charge is 0.471 e. The molecule has 0 bridgehead atoms. The maximum Gasteiger partial charge on any atom is 0.471 e. The lowest BCUT2D eigenvalue weighted by Gasteiger charge is -2.12. The second kappa shape index (κ2) is 5.43. The fourth-order valence-corrected chi connectivity index (χ4v) is 3.24. The summed E-state index contributed by atoms with van der Waals surface area (Å²) in [6.45, 7) is 1.99. The maximum absolute atomic E-state index is 12.4. The molecule has 1 aromatic heterocycles. The molecule has 1 N–H and O–H groups in total. The normalized spacial score (nSPS) is 17.1. The molecule has 2 aromatic rings.